The van der Waals surface area contributed by atoms with Crippen LogP contribution in [0.5, 0.6) is 0 Å². The molecule has 12 heteroatoms. The highest BCUT2D eigenvalue weighted by molar-refractivity contribution is 7.18. The molecule has 1 atom stereocenters. The van der Waals surface area contributed by atoms with E-state index in [1.807, 2.05) is 10.6 Å². The molecular weight excluding hydrogens is 575 g/mol. The first-order valence-electron chi connectivity index (χ1n) is 14.9. The number of aliphatic hydroxyl groups is 1. The average molecular weight is 612 g/mol. The number of fused-ring (bicyclic) bond motifs is 2. The van der Waals surface area contributed by atoms with Gasteiger partial charge in [-0.3, -0.25) is 4.90 Å². The van der Waals surface area contributed by atoms with Gasteiger partial charge in [0.15, 0.2) is 0 Å². The van der Waals surface area contributed by atoms with E-state index in [0.717, 1.165) is 86.2 Å². The van der Waals surface area contributed by atoms with Crippen molar-refractivity contribution in [2.24, 2.45) is 5.92 Å². The number of anilines is 1. The van der Waals surface area contributed by atoms with E-state index >= 15 is 0 Å². The Morgan fingerprint density at radius 3 is 2.63 bits per heavy atom. The van der Waals surface area contributed by atoms with Crippen molar-refractivity contribution in [3.05, 3.63) is 52.3 Å². The Kier molecular flexibility index (Phi) is 8.60. The minimum absolute atomic E-state index is 0.169. The molecule has 5 heterocycles. The number of hydrogen-bond donors (Lipinski definition) is 3. The van der Waals surface area contributed by atoms with Crippen molar-refractivity contribution < 1.29 is 18.3 Å². The van der Waals surface area contributed by atoms with Gasteiger partial charge in [-0.1, -0.05) is 6.07 Å². The molecule has 0 radical (unpaired) electrons. The normalized spacial score (nSPS) is 18.3. The van der Waals surface area contributed by atoms with Crippen LogP contribution in [0.4, 0.5) is 19.0 Å². The number of likely N-dealkylation sites (tertiary alicyclic amines) is 1. The summed E-state index contributed by atoms with van der Waals surface area (Å²) in [6, 6.07) is 10.2. The van der Waals surface area contributed by atoms with E-state index in [2.05, 4.69) is 50.6 Å². The first kappa shape index (κ1) is 29.8. The summed E-state index contributed by atoms with van der Waals surface area (Å²) in [6.45, 7) is 6.90. The van der Waals surface area contributed by atoms with Crippen molar-refractivity contribution in [3.63, 3.8) is 0 Å². The SMILES string of the molecule is Cc1c(CN2CCC(Nc3ncnc4sc(CC(F)(F)F)cc34)CC2)ccc2c1cc(C#N)n2CC(O)C1CCNCC1. The zero-order valence-electron chi connectivity index (χ0n) is 24.1. The molecule has 6 rings (SSSR count). The topological polar surface area (TPSA) is 102 Å². The van der Waals surface area contributed by atoms with E-state index in [0.29, 0.717) is 28.3 Å². The van der Waals surface area contributed by atoms with Crippen LogP contribution in [0.15, 0.2) is 30.6 Å². The molecule has 3 aromatic heterocycles. The summed E-state index contributed by atoms with van der Waals surface area (Å²) in [5, 5.41) is 29.3. The standard InChI is InChI=1S/C31H36F3N7OS/c1-19-21(2-3-27-25(19)12-23(15-35)41(27)17-28(42)20-4-8-36-9-5-20)16-40-10-6-22(7-11-40)39-29-26-13-24(14-31(32,33)34)43-30(26)38-18-37-29/h2-3,12-13,18,20,22,28,36,42H,4-11,14,16-17H2,1H3,(H,37,38,39). The molecule has 0 bridgehead atoms. The Morgan fingerprint density at radius 1 is 1.14 bits per heavy atom. The first-order valence-corrected chi connectivity index (χ1v) is 15.7. The lowest BCUT2D eigenvalue weighted by Crippen LogP contribution is -2.39. The highest BCUT2D eigenvalue weighted by atomic mass is 32.1. The Bertz CT molecular complexity index is 1630. The van der Waals surface area contributed by atoms with E-state index in [9.17, 15) is 23.5 Å². The molecule has 3 N–H and O–H groups in total. The molecule has 1 unspecified atom stereocenters. The smallest absolute Gasteiger partial charge is 0.391 e. The summed E-state index contributed by atoms with van der Waals surface area (Å²) in [4.78, 5) is 11.7. The van der Waals surface area contributed by atoms with E-state index in [1.165, 1.54) is 11.9 Å². The van der Waals surface area contributed by atoms with Crippen LogP contribution in [-0.4, -0.2) is 69.0 Å². The van der Waals surface area contributed by atoms with Crippen LogP contribution in [0.25, 0.3) is 21.1 Å². The number of hydrogen-bond acceptors (Lipinski definition) is 8. The van der Waals surface area contributed by atoms with Crippen molar-refractivity contribution in [1.82, 2.24) is 24.8 Å². The van der Waals surface area contributed by atoms with Gasteiger partial charge in [0.1, 0.15) is 28.7 Å². The summed E-state index contributed by atoms with van der Waals surface area (Å²) >= 11 is 1.06. The number of nitriles is 1. The lowest BCUT2D eigenvalue weighted by Gasteiger charge is -2.33. The number of piperidine rings is 2. The molecule has 0 aliphatic carbocycles. The molecule has 2 saturated heterocycles. The molecule has 0 amide bonds. The number of thiophene rings is 1. The molecule has 1 aromatic carbocycles. The second-order valence-corrected chi connectivity index (χ2v) is 12.9. The van der Waals surface area contributed by atoms with Crippen LogP contribution in [0, 0.1) is 24.2 Å². The largest absolute Gasteiger partial charge is 0.393 e. The third-order valence-electron chi connectivity index (χ3n) is 8.96. The van der Waals surface area contributed by atoms with Crippen LogP contribution >= 0.6 is 11.3 Å². The van der Waals surface area contributed by atoms with Crippen LogP contribution in [0.2, 0.25) is 0 Å². The number of nitrogens with zero attached hydrogens (tertiary/aromatic N) is 5. The highest BCUT2D eigenvalue weighted by Gasteiger charge is 2.29. The van der Waals surface area contributed by atoms with Crippen molar-refractivity contribution in [2.75, 3.05) is 31.5 Å². The molecule has 0 saturated carbocycles. The zero-order valence-corrected chi connectivity index (χ0v) is 24.9. The van der Waals surface area contributed by atoms with Gasteiger partial charge in [-0.05, 0) is 80.9 Å². The minimum Gasteiger partial charge on any atom is -0.391 e. The predicted octanol–water partition coefficient (Wildman–Crippen LogP) is 5.37. The molecular formula is C31H36F3N7OS. The first-order chi connectivity index (χ1) is 20.7. The van der Waals surface area contributed by atoms with Crippen LogP contribution < -0.4 is 10.6 Å². The maximum absolute atomic E-state index is 12.9. The molecule has 2 aliphatic heterocycles. The van der Waals surface area contributed by atoms with Gasteiger partial charge in [-0.25, -0.2) is 9.97 Å². The number of benzene rings is 1. The Balaban J connectivity index is 1.10. The van der Waals surface area contributed by atoms with Gasteiger partial charge in [0, 0.05) is 41.5 Å². The fourth-order valence-corrected chi connectivity index (χ4v) is 7.55. The molecule has 228 valence electrons. The molecule has 0 spiro atoms. The Labute approximate surface area is 252 Å². The van der Waals surface area contributed by atoms with Gasteiger partial charge in [0.05, 0.1) is 24.5 Å². The number of aryl methyl sites for hydroxylation is 1. The number of halogens is 3. The van der Waals surface area contributed by atoms with Crippen LogP contribution in [-0.2, 0) is 19.5 Å². The van der Waals surface area contributed by atoms with Gasteiger partial charge in [-0.15, -0.1) is 11.3 Å². The summed E-state index contributed by atoms with van der Waals surface area (Å²) < 4.78 is 40.7. The van der Waals surface area contributed by atoms with Crippen molar-refractivity contribution in [2.45, 2.75) is 70.4 Å². The Morgan fingerprint density at radius 2 is 1.91 bits per heavy atom. The minimum atomic E-state index is -4.26. The second-order valence-electron chi connectivity index (χ2n) is 11.8. The van der Waals surface area contributed by atoms with Crippen molar-refractivity contribution in [1.29, 1.82) is 5.26 Å². The highest BCUT2D eigenvalue weighted by Crippen LogP contribution is 2.34. The van der Waals surface area contributed by atoms with E-state index in [1.54, 1.807) is 6.07 Å². The third kappa shape index (κ3) is 6.65. The molecule has 43 heavy (non-hydrogen) atoms. The third-order valence-corrected chi connectivity index (χ3v) is 10.00. The zero-order chi connectivity index (χ0) is 30.1. The van der Waals surface area contributed by atoms with Gasteiger partial charge in [-0.2, -0.15) is 18.4 Å². The summed E-state index contributed by atoms with van der Waals surface area (Å²) in [5.74, 6) is 0.831. The fourth-order valence-electron chi connectivity index (χ4n) is 6.52. The monoisotopic (exact) mass is 611 g/mol. The number of alkyl halides is 3. The average Bonchev–Trinajstić information content (AvgIpc) is 3.56. The van der Waals surface area contributed by atoms with E-state index in [-0.39, 0.29) is 16.8 Å². The van der Waals surface area contributed by atoms with Gasteiger partial charge in [0.25, 0.3) is 0 Å². The number of nitrogens with one attached hydrogen (secondary N) is 2. The molecule has 8 nitrogen and oxygen atoms in total. The molecule has 2 aliphatic rings. The van der Waals surface area contributed by atoms with Gasteiger partial charge >= 0.3 is 6.18 Å². The predicted molar refractivity (Wildman–Crippen MR) is 162 cm³/mol. The summed E-state index contributed by atoms with van der Waals surface area (Å²) in [5.41, 5.74) is 3.93. The summed E-state index contributed by atoms with van der Waals surface area (Å²) in [6.07, 6.45) is -0.637. The van der Waals surface area contributed by atoms with Crippen LogP contribution in [0.1, 0.15) is 47.4 Å². The van der Waals surface area contributed by atoms with Crippen LogP contribution in [0.3, 0.4) is 0 Å². The number of rotatable bonds is 8. The molecule has 4 aromatic rings. The van der Waals surface area contributed by atoms with E-state index < -0.39 is 18.7 Å². The summed E-state index contributed by atoms with van der Waals surface area (Å²) in [7, 11) is 0. The Hall–Kier alpha value is -3.24. The quantitative estimate of drug-likeness (QED) is 0.246. The van der Waals surface area contributed by atoms with Gasteiger partial charge < -0.3 is 20.3 Å². The lowest BCUT2D eigenvalue weighted by atomic mass is 9.92. The van der Waals surface area contributed by atoms with Gasteiger partial charge in [0.2, 0.25) is 0 Å². The lowest BCUT2D eigenvalue weighted by molar-refractivity contribution is -0.126. The van der Waals surface area contributed by atoms with Crippen molar-refractivity contribution in [3.8, 4) is 6.07 Å². The fraction of sp³-hybridized carbons (Fsp3) is 0.516. The maximum atomic E-state index is 12.9. The second kappa shape index (κ2) is 12.4. The van der Waals surface area contributed by atoms with Crippen molar-refractivity contribution >= 4 is 38.3 Å². The molecule has 2 fully saturated rings. The number of aliphatic hydroxyl groups excluding tert-OH is 1. The number of aromatic nitrogens is 3. The van der Waals surface area contributed by atoms with E-state index in [4.69, 9.17) is 0 Å². The maximum Gasteiger partial charge on any atom is 0.393 e.